The fourth-order valence-corrected chi connectivity index (χ4v) is 2.70. The van der Waals surface area contributed by atoms with Crippen molar-refractivity contribution < 1.29 is 8.42 Å². The molecule has 5 nitrogen and oxygen atoms in total. The highest BCUT2D eigenvalue weighted by Crippen LogP contribution is 2.24. The third-order valence-electron chi connectivity index (χ3n) is 2.93. The molecule has 0 aliphatic rings. The maximum absolute atomic E-state index is 11.7. The summed E-state index contributed by atoms with van der Waals surface area (Å²) in [7, 11) is -3.32. The van der Waals surface area contributed by atoms with Crippen LogP contribution in [0.15, 0.2) is 47.5 Å². The predicted molar refractivity (Wildman–Crippen MR) is 80.2 cm³/mol. The van der Waals surface area contributed by atoms with E-state index in [1.54, 1.807) is 18.3 Å². The number of benzene rings is 1. The summed E-state index contributed by atoms with van der Waals surface area (Å²) in [5.74, 6) is 0.352. The molecule has 0 fully saturated rings. The average molecular weight is 291 g/mol. The number of hydrogen-bond acceptors (Lipinski definition) is 5. The van der Waals surface area contributed by atoms with Crippen LogP contribution in [0.1, 0.15) is 18.5 Å². The van der Waals surface area contributed by atoms with Crippen LogP contribution in [0, 0.1) is 0 Å². The van der Waals surface area contributed by atoms with Crippen LogP contribution in [-0.2, 0) is 9.84 Å². The van der Waals surface area contributed by atoms with Gasteiger partial charge in [0, 0.05) is 18.1 Å². The van der Waals surface area contributed by atoms with E-state index < -0.39 is 9.84 Å². The standard InChI is InChI=1S/C14H17N3O2S/c1-10(11-5-3-6-12(15)9-11)17-14-13(20(2,18)19)7-4-8-16-14/h3-10H,15H2,1-2H3,(H,16,17). The van der Waals surface area contributed by atoms with E-state index in [0.29, 0.717) is 11.5 Å². The summed E-state index contributed by atoms with van der Waals surface area (Å²) in [6.07, 6.45) is 2.73. The second kappa shape index (κ2) is 5.50. The number of nitrogen functional groups attached to an aromatic ring is 1. The number of rotatable bonds is 4. The second-order valence-electron chi connectivity index (χ2n) is 4.66. The van der Waals surface area contributed by atoms with Crippen LogP contribution in [0.2, 0.25) is 0 Å². The predicted octanol–water partition coefficient (Wildman–Crippen LogP) is 2.24. The first-order chi connectivity index (χ1) is 9.38. The maximum Gasteiger partial charge on any atom is 0.179 e. The first kappa shape index (κ1) is 14.3. The first-order valence-corrected chi connectivity index (χ1v) is 8.04. The number of nitrogens with one attached hydrogen (secondary N) is 1. The molecule has 106 valence electrons. The lowest BCUT2D eigenvalue weighted by molar-refractivity contribution is 0.601. The van der Waals surface area contributed by atoms with Crippen LogP contribution in [0.4, 0.5) is 11.5 Å². The second-order valence-corrected chi connectivity index (χ2v) is 6.64. The maximum atomic E-state index is 11.7. The van der Waals surface area contributed by atoms with Gasteiger partial charge in [0.25, 0.3) is 0 Å². The minimum atomic E-state index is -3.32. The molecular weight excluding hydrogens is 274 g/mol. The smallest absolute Gasteiger partial charge is 0.179 e. The molecule has 0 amide bonds. The van der Waals surface area contributed by atoms with Gasteiger partial charge in [-0.05, 0) is 36.8 Å². The third-order valence-corrected chi connectivity index (χ3v) is 4.06. The number of hydrogen-bond donors (Lipinski definition) is 2. The van der Waals surface area contributed by atoms with Crippen LogP contribution in [0.5, 0.6) is 0 Å². The van der Waals surface area contributed by atoms with E-state index in [1.165, 1.54) is 12.3 Å². The summed E-state index contributed by atoms with van der Waals surface area (Å²) in [6, 6.07) is 10.5. The van der Waals surface area contributed by atoms with E-state index in [2.05, 4.69) is 10.3 Å². The SMILES string of the molecule is CC(Nc1ncccc1S(C)(=O)=O)c1cccc(N)c1. The van der Waals surface area contributed by atoms with Crippen molar-refractivity contribution in [3.63, 3.8) is 0 Å². The van der Waals surface area contributed by atoms with Crippen molar-refractivity contribution in [2.75, 3.05) is 17.3 Å². The number of anilines is 2. The lowest BCUT2D eigenvalue weighted by Gasteiger charge is -2.17. The Morgan fingerprint density at radius 2 is 2.00 bits per heavy atom. The lowest BCUT2D eigenvalue weighted by atomic mass is 10.1. The molecule has 20 heavy (non-hydrogen) atoms. The van der Waals surface area contributed by atoms with E-state index in [9.17, 15) is 8.42 Å². The average Bonchev–Trinajstić information content (AvgIpc) is 2.38. The number of nitrogens with two attached hydrogens (primary N) is 1. The van der Waals surface area contributed by atoms with E-state index in [4.69, 9.17) is 5.73 Å². The Labute approximate surface area is 118 Å². The normalized spacial score (nSPS) is 12.9. The Hall–Kier alpha value is -2.08. The number of nitrogens with zero attached hydrogens (tertiary/aromatic N) is 1. The van der Waals surface area contributed by atoms with Gasteiger partial charge in [-0.3, -0.25) is 0 Å². The van der Waals surface area contributed by atoms with Crippen LogP contribution < -0.4 is 11.1 Å². The van der Waals surface area contributed by atoms with Gasteiger partial charge in [0.2, 0.25) is 0 Å². The van der Waals surface area contributed by atoms with E-state index >= 15 is 0 Å². The topological polar surface area (TPSA) is 85.1 Å². The van der Waals surface area contributed by atoms with Gasteiger partial charge in [-0.2, -0.15) is 0 Å². The van der Waals surface area contributed by atoms with Gasteiger partial charge in [-0.25, -0.2) is 13.4 Å². The largest absolute Gasteiger partial charge is 0.399 e. The summed E-state index contributed by atoms with van der Waals surface area (Å²) >= 11 is 0. The fraction of sp³-hybridized carbons (Fsp3) is 0.214. The van der Waals surface area contributed by atoms with Gasteiger partial charge < -0.3 is 11.1 Å². The van der Waals surface area contributed by atoms with E-state index in [-0.39, 0.29) is 10.9 Å². The quantitative estimate of drug-likeness (QED) is 0.844. The van der Waals surface area contributed by atoms with Crippen molar-refractivity contribution >= 4 is 21.3 Å². The number of aromatic nitrogens is 1. The van der Waals surface area contributed by atoms with E-state index in [0.717, 1.165) is 5.56 Å². The Balaban J connectivity index is 2.31. The van der Waals surface area contributed by atoms with Crippen molar-refractivity contribution in [2.45, 2.75) is 17.9 Å². The fourth-order valence-electron chi connectivity index (χ4n) is 1.91. The molecule has 0 saturated heterocycles. The van der Waals surface area contributed by atoms with Crippen molar-refractivity contribution in [1.29, 1.82) is 0 Å². The van der Waals surface area contributed by atoms with Gasteiger partial charge in [-0.1, -0.05) is 12.1 Å². The summed E-state index contributed by atoms with van der Waals surface area (Å²) in [5, 5.41) is 3.11. The third kappa shape index (κ3) is 3.27. The van der Waals surface area contributed by atoms with Gasteiger partial charge >= 0.3 is 0 Å². The summed E-state index contributed by atoms with van der Waals surface area (Å²) in [5.41, 5.74) is 7.38. The van der Waals surface area contributed by atoms with Crippen molar-refractivity contribution in [3.05, 3.63) is 48.2 Å². The molecule has 3 N–H and O–H groups in total. The molecule has 1 aromatic carbocycles. The Morgan fingerprint density at radius 3 is 2.65 bits per heavy atom. The highest BCUT2D eigenvalue weighted by molar-refractivity contribution is 7.90. The molecule has 1 heterocycles. The monoisotopic (exact) mass is 291 g/mol. The van der Waals surface area contributed by atoms with Gasteiger partial charge in [-0.15, -0.1) is 0 Å². The van der Waals surface area contributed by atoms with Crippen molar-refractivity contribution in [1.82, 2.24) is 4.98 Å². The van der Waals surface area contributed by atoms with Gasteiger partial charge in [0.1, 0.15) is 10.7 Å². The Morgan fingerprint density at radius 1 is 1.25 bits per heavy atom. The Kier molecular flexibility index (Phi) is 3.94. The molecule has 0 saturated carbocycles. The molecular formula is C14H17N3O2S. The Bertz CT molecular complexity index is 714. The molecule has 1 unspecified atom stereocenters. The van der Waals surface area contributed by atoms with Crippen LogP contribution in [0.3, 0.4) is 0 Å². The molecule has 6 heteroatoms. The molecule has 0 spiro atoms. The molecule has 0 aliphatic heterocycles. The zero-order valence-corrected chi connectivity index (χ0v) is 12.2. The van der Waals surface area contributed by atoms with Gasteiger partial charge in [0.05, 0.1) is 6.04 Å². The van der Waals surface area contributed by atoms with E-state index in [1.807, 2.05) is 25.1 Å². The zero-order chi connectivity index (χ0) is 14.8. The van der Waals surface area contributed by atoms with Crippen LogP contribution in [-0.4, -0.2) is 19.7 Å². The molecule has 0 aliphatic carbocycles. The molecule has 1 atom stereocenters. The molecule has 1 aromatic heterocycles. The van der Waals surface area contributed by atoms with Crippen LogP contribution >= 0.6 is 0 Å². The zero-order valence-electron chi connectivity index (χ0n) is 11.4. The minimum Gasteiger partial charge on any atom is -0.399 e. The summed E-state index contributed by atoms with van der Waals surface area (Å²) in [6.45, 7) is 1.93. The number of pyridine rings is 1. The minimum absolute atomic E-state index is 0.103. The van der Waals surface area contributed by atoms with Crippen LogP contribution in [0.25, 0.3) is 0 Å². The highest BCUT2D eigenvalue weighted by Gasteiger charge is 2.16. The van der Waals surface area contributed by atoms with Crippen molar-refractivity contribution in [2.24, 2.45) is 0 Å². The molecule has 0 radical (unpaired) electrons. The molecule has 2 rings (SSSR count). The first-order valence-electron chi connectivity index (χ1n) is 6.15. The lowest BCUT2D eigenvalue weighted by Crippen LogP contribution is -2.12. The summed E-state index contributed by atoms with van der Waals surface area (Å²) in [4.78, 5) is 4.30. The van der Waals surface area contributed by atoms with Gasteiger partial charge in [0.15, 0.2) is 9.84 Å². The number of sulfone groups is 1. The highest BCUT2D eigenvalue weighted by atomic mass is 32.2. The summed E-state index contributed by atoms with van der Waals surface area (Å²) < 4.78 is 23.5. The molecule has 0 bridgehead atoms. The van der Waals surface area contributed by atoms with Crippen molar-refractivity contribution in [3.8, 4) is 0 Å². The molecule has 2 aromatic rings.